The second-order valence-electron chi connectivity index (χ2n) is 5.39. The van der Waals surface area contributed by atoms with E-state index in [0.29, 0.717) is 0 Å². The largest absolute Gasteiger partial charge is 0.504 e. The van der Waals surface area contributed by atoms with Gasteiger partial charge in [0.05, 0.1) is 24.2 Å². The SMILES string of the molecule is CCOC(=O)C1OC(=O)c2cc(O)c(O)c3oc(=O)c(CC(=O)O)c1c23. The molecule has 2 aromatic rings. The number of benzene rings is 1. The van der Waals surface area contributed by atoms with Crippen molar-refractivity contribution in [2.75, 3.05) is 6.61 Å². The van der Waals surface area contributed by atoms with Gasteiger partial charge < -0.3 is 29.2 Å². The summed E-state index contributed by atoms with van der Waals surface area (Å²) in [4.78, 5) is 47.8. The lowest BCUT2D eigenvalue weighted by Crippen LogP contribution is -2.30. The Kier molecular flexibility index (Phi) is 4.03. The molecule has 0 spiro atoms. The lowest BCUT2D eigenvalue weighted by atomic mass is 9.91. The highest BCUT2D eigenvalue weighted by Gasteiger charge is 2.40. The number of carboxylic acids is 1. The summed E-state index contributed by atoms with van der Waals surface area (Å²) in [5, 5.41) is 28.6. The fraction of sp³-hybridized carbons (Fsp3) is 0.250. The van der Waals surface area contributed by atoms with Crippen LogP contribution in [0.1, 0.15) is 34.5 Å². The van der Waals surface area contributed by atoms with Crippen molar-refractivity contribution in [3.8, 4) is 11.5 Å². The van der Waals surface area contributed by atoms with Crippen LogP contribution in [0, 0.1) is 0 Å². The van der Waals surface area contributed by atoms with Crippen LogP contribution >= 0.6 is 0 Å². The molecular weight excluding hydrogens is 352 g/mol. The molecule has 0 aliphatic carbocycles. The minimum absolute atomic E-state index is 0.0561. The van der Waals surface area contributed by atoms with E-state index in [4.69, 9.17) is 19.0 Å². The van der Waals surface area contributed by atoms with Crippen molar-refractivity contribution in [2.24, 2.45) is 0 Å². The maximum Gasteiger partial charge on any atom is 0.352 e. The van der Waals surface area contributed by atoms with E-state index < -0.39 is 58.7 Å². The number of ether oxygens (including phenoxy) is 2. The number of cyclic esters (lactones) is 1. The zero-order valence-electron chi connectivity index (χ0n) is 13.3. The number of phenols is 2. The number of carbonyl (C=O) groups excluding carboxylic acids is 2. The third-order valence-electron chi connectivity index (χ3n) is 3.81. The van der Waals surface area contributed by atoms with Gasteiger partial charge in [0.2, 0.25) is 11.9 Å². The molecule has 26 heavy (non-hydrogen) atoms. The first kappa shape index (κ1) is 17.3. The van der Waals surface area contributed by atoms with Crippen LogP contribution in [-0.2, 0) is 25.5 Å². The summed E-state index contributed by atoms with van der Waals surface area (Å²) in [6.07, 6.45) is -2.53. The fourth-order valence-corrected chi connectivity index (χ4v) is 2.80. The summed E-state index contributed by atoms with van der Waals surface area (Å²) in [6.45, 7) is 1.45. The first-order valence-electron chi connectivity index (χ1n) is 7.40. The molecule has 1 aliphatic rings. The first-order valence-corrected chi connectivity index (χ1v) is 7.40. The van der Waals surface area contributed by atoms with Gasteiger partial charge in [-0.1, -0.05) is 0 Å². The van der Waals surface area contributed by atoms with Crippen molar-refractivity contribution in [1.29, 1.82) is 0 Å². The normalized spacial score (nSPS) is 15.6. The highest BCUT2D eigenvalue weighted by Crippen LogP contribution is 2.43. The zero-order chi connectivity index (χ0) is 19.2. The average Bonchev–Trinajstić information content (AvgIpc) is 2.56. The number of hydrogen-bond donors (Lipinski definition) is 3. The van der Waals surface area contributed by atoms with Gasteiger partial charge in [0.1, 0.15) is 0 Å². The average molecular weight is 364 g/mol. The van der Waals surface area contributed by atoms with Gasteiger partial charge >= 0.3 is 23.5 Å². The molecule has 3 N–H and O–H groups in total. The van der Waals surface area contributed by atoms with E-state index in [1.165, 1.54) is 6.92 Å². The Bertz CT molecular complexity index is 1020. The summed E-state index contributed by atoms with van der Waals surface area (Å²) in [5.41, 5.74) is -2.68. The molecule has 1 aromatic carbocycles. The van der Waals surface area contributed by atoms with Gasteiger partial charge in [-0.2, -0.15) is 0 Å². The second kappa shape index (κ2) is 6.06. The maximum atomic E-state index is 12.2. The highest BCUT2D eigenvalue weighted by molar-refractivity contribution is 6.11. The number of aromatic hydroxyl groups is 2. The number of carboxylic acid groups (broad SMARTS) is 1. The molecular formula is C16H12O10. The third kappa shape index (κ3) is 2.51. The van der Waals surface area contributed by atoms with Gasteiger partial charge in [-0.3, -0.25) is 4.79 Å². The smallest absolute Gasteiger partial charge is 0.352 e. The molecule has 0 amide bonds. The Morgan fingerprint density at radius 3 is 2.58 bits per heavy atom. The Morgan fingerprint density at radius 1 is 1.27 bits per heavy atom. The highest BCUT2D eigenvalue weighted by atomic mass is 16.6. The number of rotatable bonds is 4. The third-order valence-corrected chi connectivity index (χ3v) is 3.81. The molecule has 1 aromatic heterocycles. The van der Waals surface area contributed by atoms with Crippen LogP contribution in [0.2, 0.25) is 0 Å². The van der Waals surface area contributed by atoms with Gasteiger partial charge in [0, 0.05) is 10.9 Å². The lowest BCUT2D eigenvalue weighted by molar-refractivity contribution is -0.154. The molecule has 0 bridgehead atoms. The minimum Gasteiger partial charge on any atom is -0.504 e. The molecule has 1 aliphatic heterocycles. The first-order chi connectivity index (χ1) is 12.3. The van der Waals surface area contributed by atoms with Gasteiger partial charge in [0.25, 0.3) is 0 Å². The summed E-state index contributed by atoms with van der Waals surface area (Å²) in [6, 6.07) is 0.870. The Morgan fingerprint density at radius 2 is 1.96 bits per heavy atom. The summed E-state index contributed by atoms with van der Waals surface area (Å²) < 4.78 is 14.7. The van der Waals surface area contributed by atoms with Crippen molar-refractivity contribution in [3.05, 3.63) is 33.2 Å². The minimum atomic E-state index is -1.71. The van der Waals surface area contributed by atoms with Crippen LogP contribution in [0.25, 0.3) is 11.0 Å². The number of aliphatic carboxylic acids is 1. The maximum absolute atomic E-state index is 12.2. The Hall–Kier alpha value is -3.56. The monoisotopic (exact) mass is 364 g/mol. The van der Waals surface area contributed by atoms with Crippen LogP contribution in [-0.4, -0.2) is 39.8 Å². The molecule has 10 heteroatoms. The van der Waals surface area contributed by atoms with Gasteiger partial charge in [0.15, 0.2) is 11.3 Å². The van der Waals surface area contributed by atoms with Crippen molar-refractivity contribution >= 4 is 28.9 Å². The van der Waals surface area contributed by atoms with Crippen molar-refractivity contribution in [2.45, 2.75) is 19.4 Å². The molecule has 0 radical (unpaired) electrons. The number of phenolic OH excluding ortho intramolecular Hbond substituents is 2. The second-order valence-corrected chi connectivity index (χ2v) is 5.39. The lowest BCUT2D eigenvalue weighted by Gasteiger charge is -2.25. The van der Waals surface area contributed by atoms with Crippen molar-refractivity contribution < 1.29 is 43.6 Å². The number of hydrogen-bond acceptors (Lipinski definition) is 9. The molecule has 0 fully saturated rings. The molecule has 1 atom stereocenters. The van der Waals surface area contributed by atoms with E-state index in [-0.39, 0.29) is 23.1 Å². The predicted molar refractivity (Wildman–Crippen MR) is 81.9 cm³/mol. The van der Waals surface area contributed by atoms with Crippen molar-refractivity contribution in [3.63, 3.8) is 0 Å². The van der Waals surface area contributed by atoms with E-state index in [9.17, 15) is 29.4 Å². The van der Waals surface area contributed by atoms with Crippen LogP contribution in [0.3, 0.4) is 0 Å². The van der Waals surface area contributed by atoms with E-state index in [1.54, 1.807) is 0 Å². The Labute approximate surface area is 144 Å². The fourth-order valence-electron chi connectivity index (χ4n) is 2.80. The molecule has 1 unspecified atom stereocenters. The standard InChI is InChI=1S/C16H12O10/c1-2-24-16(23)13-10-6(4-8(18)19)15(22)25-12-9(10)5(14(21)26-13)3-7(17)11(12)20/h3,13,17,20H,2,4H2,1H3,(H,18,19). The van der Waals surface area contributed by atoms with Gasteiger partial charge in [-0.15, -0.1) is 0 Å². The predicted octanol–water partition coefficient (Wildman–Crippen LogP) is 0.606. The van der Waals surface area contributed by atoms with Crippen LogP contribution in [0.5, 0.6) is 11.5 Å². The van der Waals surface area contributed by atoms with Crippen LogP contribution < -0.4 is 5.63 Å². The quantitative estimate of drug-likeness (QED) is 0.398. The zero-order valence-corrected chi connectivity index (χ0v) is 13.3. The van der Waals surface area contributed by atoms with Crippen LogP contribution in [0.4, 0.5) is 0 Å². The number of esters is 2. The van der Waals surface area contributed by atoms with E-state index in [0.717, 1.165) is 6.07 Å². The molecule has 3 rings (SSSR count). The van der Waals surface area contributed by atoms with Crippen LogP contribution in [0.15, 0.2) is 15.3 Å². The molecule has 10 nitrogen and oxygen atoms in total. The number of carbonyl (C=O) groups is 3. The summed E-state index contributed by atoms with van der Waals surface area (Å²) >= 11 is 0. The van der Waals surface area contributed by atoms with Gasteiger partial charge in [-0.05, 0) is 13.0 Å². The van der Waals surface area contributed by atoms with E-state index in [2.05, 4.69) is 0 Å². The van der Waals surface area contributed by atoms with E-state index in [1.807, 2.05) is 0 Å². The van der Waals surface area contributed by atoms with Crippen molar-refractivity contribution in [1.82, 2.24) is 0 Å². The molecule has 136 valence electrons. The molecule has 0 saturated carbocycles. The van der Waals surface area contributed by atoms with Gasteiger partial charge in [-0.25, -0.2) is 14.4 Å². The summed E-state index contributed by atoms with van der Waals surface area (Å²) in [7, 11) is 0. The summed E-state index contributed by atoms with van der Waals surface area (Å²) in [5.74, 6) is -5.03. The van der Waals surface area contributed by atoms with E-state index >= 15 is 0 Å². The topological polar surface area (TPSA) is 161 Å². The Balaban J connectivity index is 2.47. The molecule has 2 heterocycles. The molecule has 0 saturated heterocycles.